The summed E-state index contributed by atoms with van der Waals surface area (Å²) < 4.78 is 5.54. The Balaban J connectivity index is 2.08. The third-order valence-corrected chi connectivity index (χ3v) is 5.80. The second-order valence-corrected chi connectivity index (χ2v) is 8.24. The second-order valence-electron chi connectivity index (χ2n) is 8.24. The zero-order valence-electron chi connectivity index (χ0n) is 14.9. The van der Waals surface area contributed by atoms with Gasteiger partial charge in [0.1, 0.15) is 0 Å². The van der Waals surface area contributed by atoms with E-state index in [0.717, 1.165) is 25.7 Å². The van der Waals surface area contributed by atoms with Crippen LogP contribution in [0.3, 0.4) is 0 Å². The first kappa shape index (κ1) is 17.2. The SMILES string of the molecule is CCC1(CC)CN(CC2CCOCC2)C(C(C)(C)C)CN1. The fourth-order valence-electron chi connectivity index (χ4n) is 4.03. The van der Waals surface area contributed by atoms with E-state index in [2.05, 4.69) is 44.8 Å². The molecule has 2 aliphatic rings. The Hall–Kier alpha value is -0.120. The summed E-state index contributed by atoms with van der Waals surface area (Å²) in [6, 6.07) is 0.645. The number of ether oxygens (including phenoxy) is 1. The normalized spacial score (nSPS) is 28.7. The standard InChI is InChI=1S/C18H36N2O/c1-6-18(7-2)14-20(13-15-8-10-21-11-9-15)16(12-19-18)17(3,4)5/h15-16,19H,6-14H2,1-5H3. The zero-order valence-corrected chi connectivity index (χ0v) is 14.9. The van der Waals surface area contributed by atoms with Crippen LogP contribution in [-0.2, 0) is 4.74 Å². The van der Waals surface area contributed by atoms with Crippen molar-refractivity contribution < 1.29 is 4.74 Å². The number of nitrogens with zero attached hydrogens (tertiary/aromatic N) is 1. The largest absolute Gasteiger partial charge is 0.381 e. The molecular formula is C18H36N2O. The van der Waals surface area contributed by atoms with Crippen molar-refractivity contribution in [1.29, 1.82) is 0 Å². The minimum absolute atomic E-state index is 0.326. The van der Waals surface area contributed by atoms with Crippen LogP contribution in [0.4, 0.5) is 0 Å². The van der Waals surface area contributed by atoms with Crippen LogP contribution in [-0.4, -0.2) is 49.3 Å². The highest BCUT2D eigenvalue weighted by Crippen LogP contribution is 2.32. The van der Waals surface area contributed by atoms with E-state index in [4.69, 9.17) is 4.74 Å². The predicted molar refractivity (Wildman–Crippen MR) is 89.7 cm³/mol. The van der Waals surface area contributed by atoms with Crippen LogP contribution in [0.15, 0.2) is 0 Å². The van der Waals surface area contributed by atoms with E-state index in [1.54, 1.807) is 0 Å². The van der Waals surface area contributed by atoms with Crippen molar-refractivity contribution in [3.63, 3.8) is 0 Å². The fourth-order valence-corrected chi connectivity index (χ4v) is 4.03. The number of nitrogens with one attached hydrogen (secondary N) is 1. The highest BCUT2D eigenvalue weighted by Gasteiger charge is 2.41. The molecule has 0 saturated carbocycles. The number of hydrogen-bond acceptors (Lipinski definition) is 3. The molecule has 0 spiro atoms. The molecule has 3 nitrogen and oxygen atoms in total. The van der Waals surface area contributed by atoms with E-state index in [-0.39, 0.29) is 0 Å². The highest BCUT2D eigenvalue weighted by atomic mass is 16.5. The second kappa shape index (κ2) is 6.97. The molecule has 1 unspecified atom stereocenters. The molecule has 2 aliphatic heterocycles. The van der Waals surface area contributed by atoms with Crippen LogP contribution in [0.2, 0.25) is 0 Å². The van der Waals surface area contributed by atoms with Crippen molar-refractivity contribution in [2.75, 3.05) is 32.8 Å². The molecule has 0 amide bonds. The first-order valence-corrected chi connectivity index (χ1v) is 8.97. The Morgan fingerprint density at radius 3 is 2.29 bits per heavy atom. The van der Waals surface area contributed by atoms with Crippen LogP contribution >= 0.6 is 0 Å². The maximum absolute atomic E-state index is 5.54. The lowest BCUT2D eigenvalue weighted by molar-refractivity contribution is -0.0107. The summed E-state index contributed by atoms with van der Waals surface area (Å²) in [4.78, 5) is 2.81. The number of hydrogen-bond donors (Lipinski definition) is 1. The van der Waals surface area contributed by atoms with Gasteiger partial charge in [0.25, 0.3) is 0 Å². The molecule has 3 heteroatoms. The molecule has 2 heterocycles. The molecule has 0 bridgehead atoms. The van der Waals surface area contributed by atoms with Gasteiger partial charge in [-0.2, -0.15) is 0 Å². The Labute approximate surface area is 131 Å². The van der Waals surface area contributed by atoms with Crippen molar-refractivity contribution in [3.8, 4) is 0 Å². The van der Waals surface area contributed by atoms with Gasteiger partial charge < -0.3 is 10.1 Å². The van der Waals surface area contributed by atoms with Gasteiger partial charge in [0.05, 0.1) is 0 Å². The number of piperazine rings is 1. The monoisotopic (exact) mass is 296 g/mol. The van der Waals surface area contributed by atoms with Crippen LogP contribution in [0.1, 0.15) is 60.3 Å². The van der Waals surface area contributed by atoms with Crippen LogP contribution in [0.5, 0.6) is 0 Å². The summed E-state index contributed by atoms with van der Waals surface area (Å²) in [6.45, 7) is 17.4. The highest BCUT2D eigenvalue weighted by molar-refractivity contribution is 5.00. The van der Waals surface area contributed by atoms with Crippen molar-refractivity contribution in [3.05, 3.63) is 0 Å². The van der Waals surface area contributed by atoms with Gasteiger partial charge in [0.2, 0.25) is 0 Å². The number of rotatable bonds is 4. The molecule has 0 radical (unpaired) electrons. The maximum atomic E-state index is 5.54. The molecule has 0 aliphatic carbocycles. The van der Waals surface area contributed by atoms with E-state index in [9.17, 15) is 0 Å². The van der Waals surface area contributed by atoms with E-state index < -0.39 is 0 Å². The quantitative estimate of drug-likeness (QED) is 0.861. The average Bonchev–Trinajstić information content (AvgIpc) is 2.47. The van der Waals surface area contributed by atoms with Gasteiger partial charge >= 0.3 is 0 Å². The lowest BCUT2D eigenvalue weighted by atomic mass is 9.79. The topological polar surface area (TPSA) is 24.5 Å². The Morgan fingerprint density at radius 2 is 1.76 bits per heavy atom. The molecule has 124 valence electrons. The van der Waals surface area contributed by atoms with Gasteiger partial charge in [0.15, 0.2) is 0 Å². The smallest absolute Gasteiger partial charge is 0.0469 e. The third-order valence-electron chi connectivity index (χ3n) is 5.80. The van der Waals surface area contributed by atoms with E-state index in [1.807, 2.05) is 0 Å². The van der Waals surface area contributed by atoms with Gasteiger partial charge in [-0.3, -0.25) is 4.90 Å². The Morgan fingerprint density at radius 1 is 1.14 bits per heavy atom. The summed E-state index contributed by atoms with van der Waals surface area (Å²) in [6.07, 6.45) is 4.94. The molecule has 2 saturated heterocycles. The molecule has 0 aromatic carbocycles. The molecule has 2 fully saturated rings. The van der Waals surface area contributed by atoms with Gasteiger partial charge in [-0.05, 0) is 37.0 Å². The first-order valence-electron chi connectivity index (χ1n) is 8.97. The lowest BCUT2D eigenvalue weighted by Crippen LogP contribution is -2.67. The molecule has 0 aromatic rings. The molecule has 1 atom stereocenters. The summed E-state index contributed by atoms with van der Waals surface area (Å²) in [5.41, 5.74) is 0.665. The van der Waals surface area contributed by atoms with Gasteiger partial charge in [0, 0.05) is 44.4 Å². The summed E-state index contributed by atoms with van der Waals surface area (Å²) >= 11 is 0. The Kier molecular flexibility index (Phi) is 5.72. The molecular weight excluding hydrogens is 260 g/mol. The molecule has 21 heavy (non-hydrogen) atoms. The van der Waals surface area contributed by atoms with Crippen LogP contribution < -0.4 is 5.32 Å². The Bertz CT molecular complexity index is 314. The third kappa shape index (κ3) is 4.20. The summed E-state index contributed by atoms with van der Waals surface area (Å²) in [7, 11) is 0. The maximum Gasteiger partial charge on any atom is 0.0469 e. The van der Waals surface area contributed by atoms with Crippen LogP contribution in [0.25, 0.3) is 0 Å². The average molecular weight is 296 g/mol. The van der Waals surface area contributed by atoms with Crippen molar-refractivity contribution in [2.24, 2.45) is 11.3 Å². The van der Waals surface area contributed by atoms with Crippen molar-refractivity contribution in [1.82, 2.24) is 10.2 Å². The van der Waals surface area contributed by atoms with E-state index in [0.29, 0.717) is 17.0 Å². The first-order chi connectivity index (χ1) is 9.90. The van der Waals surface area contributed by atoms with Crippen molar-refractivity contribution >= 4 is 0 Å². The minimum atomic E-state index is 0.326. The van der Waals surface area contributed by atoms with E-state index >= 15 is 0 Å². The van der Waals surface area contributed by atoms with Crippen molar-refractivity contribution in [2.45, 2.75) is 71.9 Å². The molecule has 0 aromatic heterocycles. The summed E-state index contributed by atoms with van der Waals surface area (Å²) in [5, 5.41) is 3.89. The van der Waals surface area contributed by atoms with Gasteiger partial charge in [-0.1, -0.05) is 34.6 Å². The predicted octanol–water partition coefficient (Wildman–Crippen LogP) is 3.29. The lowest BCUT2D eigenvalue weighted by Gasteiger charge is -2.52. The fraction of sp³-hybridized carbons (Fsp3) is 1.00. The minimum Gasteiger partial charge on any atom is -0.381 e. The van der Waals surface area contributed by atoms with Gasteiger partial charge in [-0.25, -0.2) is 0 Å². The zero-order chi connectivity index (χ0) is 15.5. The summed E-state index contributed by atoms with van der Waals surface area (Å²) in [5.74, 6) is 0.827. The molecule has 2 rings (SSSR count). The van der Waals surface area contributed by atoms with Gasteiger partial charge in [-0.15, -0.1) is 0 Å². The van der Waals surface area contributed by atoms with E-state index in [1.165, 1.54) is 38.8 Å². The van der Waals surface area contributed by atoms with Crippen LogP contribution in [0, 0.1) is 11.3 Å². The molecule has 1 N–H and O–H groups in total.